The van der Waals surface area contributed by atoms with Gasteiger partial charge in [0.05, 0.1) is 0 Å². The van der Waals surface area contributed by atoms with Crippen LogP contribution in [0, 0.1) is 0 Å². The third-order valence-corrected chi connectivity index (χ3v) is 2.57. The van der Waals surface area contributed by atoms with Crippen LogP contribution in [-0.4, -0.2) is 6.61 Å². The van der Waals surface area contributed by atoms with Crippen LogP contribution in [-0.2, 0) is 0 Å². The highest BCUT2D eigenvalue weighted by atomic mass is 35.5. The van der Waals surface area contributed by atoms with E-state index in [1.807, 2.05) is 30.3 Å². The molecule has 0 radical (unpaired) electrons. The SMILES string of the molecule is C/C(=C\COc1ccccc1)CCC=C(Cl)Cl. The number of ether oxygens (including phenoxy) is 1. The molecule has 1 aromatic carbocycles. The molecular formula is C14H16Cl2O. The quantitative estimate of drug-likeness (QED) is 0.653. The molecule has 0 saturated heterocycles. The maximum absolute atomic E-state index is 5.56. The molecule has 0 aliphatic carbocycles. The van der Waals surface area contributed by atoms with Crippen LogP contribution < -0.4 is 4.74 Å². The van der Waals surface area contributed by atoms with E-state index in [0.29, 0.717) is 11.1 Å². The van der Waals surface area contributed by atoms with Gasteiger partial charge in [-0.2, -0.15) is 0 Å². The molecule has 0 saturated carbocycles. The smallest absolute Gasteiger partial charge is 0.119 e. The molecule has 0 atom stereocenters. The molecular weight excluding hydrogens is 255 g/mol. The third kappa shape index (κ3) is 7.09. The van der Waals surface area contributed by atoms with Crippen LogP contribution in [0.2, 0.25) is 0 Å². The van der Waals surface area contributed by atoms with E-state index < -0.39 is 0 Å². The van der Waals surface area contributed by atoms with Gasteiger partial charge in [-0.3, -0.25) is 0 Å². The lowest BCUT2D eigenvalue weighted by Gasteiger charge is -2.03. The highest BCUT2D eigenvalue weighted by molar-refractivity contribution is 6.55. The van der Waals surface area contributed by atoms with Crippen LogP contribution >= 0.6 is 23.2 Å². The van der Waals surface area contributed by atoms with Gasteiger partial charge in [-0.05, 0) is 38.0 Å². The second kappa shape index (κ2) is 8.21. The lowest BCUT2D eigenvalue weighted by Crippen LogP contribution is -1.94. The van der Waals surface area contributed by atoms with Crippen LogP contribution in [0.15, 0.2) is 52.5 Å². The summed E-state index contributed by atoms with van der Waals surface area (Å²) in [4.78, 5) is 0. The average Bonchev–Trinajstić information content (AvgIpc) is 2.30. The molecule has 3 heteroatoms. The molecule has 0 aliphatic rings. The number of allylic oxidation sites excluding steroid dienone is 2. The molecule has 17 heavy (non-hydrogen) atoms. The van der Waals surface area contributed by atoms with Crippen molar-refractivity contribution in [2.75, 3.05) is 6.61 Å². The molecule has 1 nitrogen and oxygen atoms in total. The Kier molecular flexibility index (Phi) is 6.83. The van der Waals surface area contributed by atoms with Crippen molar-refractivity contribution in [1.29, 1.82) is 0 Å². The minimum absolute atomic E-state index is 0.332. The van der Waals surface area contributed by atoms with Crippen LogP contribution in [0.3, 0.4) is 0 Å². The minimum atomic E-state index is 0.332. The second-order valence-electron chi connectivity index (χ2n) is 3.71. The first-order valence-corrected chi connectivity index (χ1v) is 6.28. The monoisotopic (exact) mass is 270 g/mol. The second-order valence-corrected chi connectivity index (χ2v) is 4.71. The van der Waals surface area contributed by atoms with Gasteiger partial charge in [-0.25, -0.2) is 0 Å². The molecule has 0 amide bonds. The van der Waals surface area contributed by atoms with Gasteiger partial charge in [0.1, 0.15) is 16.8 Å². The van der Waals surface area contributed by atoms with Crippen molar-refractivity contribution in [2.45, 2.75) is 19.8 Å². The average molecular weight is 271 g/mol. The fourth-order valence-corrected chi connectivity index (χ4v) is 1.53. The van der Waals surface area contributed by atoms with Crippen LogP contribution in [0.5, 0.6) is 5.75 Å². The first-order valence-electron chi connectivity index (χ1n) is 5.53. The molecule has 0 fully saturated rings. The highest BCUT2D eigenvalue weighted by Crippen LogP contribution is 2.12. The van der Waals surface area contributed by atoms with E-state index in [-0.39, 0.29) is 0 Å². The van der Waals surface area contributed by atoms with Crippen LogP contribution in [0.25, 0.3) is 0 Å². The molecule has 0 aliphatic heterocycles. The standard InChI is InChI=1S/C14H16Cl2O/c1-12(6-5-9-14(15)16)10-11-17-13-7-3-2-4-8-13/h2-4,7-10H,5-6,11H2,1H3/b12-10+. The number of hydrogen-bond acceptors (Lipinski definition) is 1. The van der Waals surface area contributed by atoms with Crippen molar-refractivity contribution in [3.8, 4) is 5.75 Å². The molecule has 0 bridgehead atoms. The first-order chi connectivity index (χ1) is 8.18. The van der Waals surface area contributed by atoms with Gasteiger partial charge in [0.25, 0.3) is 0 Å². The fraction of sp³-hybridized carbons (Fsp3) is 0.286. The van der Waals surface area contributed by atoms with Crippen molar-refractivity contribution >= 4 is 23.2 Å². The first kappa shape index (κ1) is 14.1. The van der Waals surface area contributed by atoms with Gasteiger partial charge in [0, 0.05) is 0 Å². The number of benzene rings is 1. The summed E-state index contributed by atoms with van der Waals surface area (Å²) in [5, 5.41) is 0. The van der Waals surface area contributed by atoms with Crippen molar-refractivity contribution in [1.82, 2.24) is 0 Å². The van der Waals surface area contributed by atoms with Crippen molar-refractivity contribution in [3.63, 3.8) is 0 Å². The predicted octanol–water partition coefficient (Wildman–Crippen LogP) is 5.11. The zero-order valence-electron chi connectivity index (χ0n) is 9.83. The summed E-state index contributed by atoms with van der Waals surface area (Å²) < 4.78 is 5.89. The highest BCUT2D eigenvalue weighted by Gasteiger charge is 1.92. The van der Waals surface area contributed by atoms with E-state index in [0.717, 1.165) is 18.6 Å². The normalized spacial score (nSPS) is 11.1. The summed E-state index contributed by atoms with van der Waals surface area (Å²) >= 11 is 11.1. The number of halogens is 2. The Balaban J connectivity index is 2.26. The van der Waals surface area contributed by atoms with Crippen LogP contribution in [0.1, 0.15) is 19.8 Å². The van der Waals surface area contributed by atoms with E-state index in [4.69, 9.17) is 27.9 Å². The molecule has 0 unspecified atom stereocenters. The fourth-order valence-electron chi connectivity index (χ4n) is 1.31. The summed E-state index contributed by atoms with van der Waals surface area (Å²) in [6, 6.07) is 9.77. The zero-order chi connectivity index (χ0) is 12.5. The van der Waals surface area contributed by atoms with Crippen molar-refractivity contribution < 1.29 is 4.74 Å². The summed E-state index contributed by atoms with van der Waals surface area (Å²) in [7, 11) is 0. The lowest BCUT2D eigenvalue weighted by molar-refractivity contribution is 0.361. The third-order valence-electron chi connectivity index (χ3n) is 2.26. The minimum Gasteiger partial charge on any atom is -0.490 e. The van der Waals surface area contributed by atoms with E-state index in [1.165, 1.54) is 5.57 Å². The Morgan fingerprint density at radius 1 is 1.18 bits per heavy atom. The maximum Gasteiger partial charge on any atom is 0.119 e. The summed E-state index contributed by atoms with van der Waals surface area (Å²) in [5.41, 5.74) is 1.27. The molecule has 0 aromatic heterocycles. The lowest BCUT2D eigenvalue weighted by atomic mass is 10.1. The molecule has 0 spiro atoms. The molecule has 0 N–H and O–H groups in total. The van der Waals surface area contributed by atoms with E-state index in [2.05, 4.69) is 13.0 Å². The number of para-hydroxylation sites is 1. The van der Waals surface area contributed by atoms with Gasteiger partial charge < -0.3 is 4.74 Å². The predicted molar refractivity (Wildman–Crippen MR) is 74.7 cm³/mol. The van der Waals surface area contributed by atoms with Crippen molar-refractivity contribution in [3.05, 3.63) is 52.5 Å². The Morgan fingerprint density at radius 2 is 1.88 bits per heavy atom. The maximum atomic E-state index is 5.56. The Labute approximate surface area is 113 Å². The van der Waals surface area contributed by atoms with E-state index >= 15 is 0 Å². The molecule has 1 aromatic rings. The summed E-state index contributed by atoms with van der Waals surface area (Å²) in [6.45, 7) is 2.67. The largest absolute Gasteiger partial charge is 0.490 e. The van der Waals surface area contributed by atoms with Gasteiger partial charge in [0.15, 0.2) is 0 Å². The topological polar surface area (TPSA) is 9.23 Å². The Hall–Kier alpha value is -0.920. The van der Waals surface area contributed by atoms with Crippen molar-refractivity contribution in [2.24, 2.45) is 0 Å². The van der Waals surface area contributed by atoms with Gasteiger partial charge >= 0.3 is 0 Å². The molecule has 0 heterocycles. The Bertz CT molecular complexity index is 378. The number of hydrogen-bond donors (Lipinski definition) is 0. The van der Waals surface area contributed by atoms with Gasteiger partial charge in [-0.15, -0.1) is 0 Å². The van der Waals surface area contributed by atoms with Gasteiger partial charge in [0.2, 0.25) is 0 Å². The molecule has 1 rings (SSSR count). The Morgan fingerprint density at radius 3 is 2.53 bits per heavy atom. The molecule has 92 valence electrons. The van der Waals surface area contributed by atoms with Crippen LogP contribution in [0.4, 0.5) is 0 Å². The number of rotatable bonds is 6. The van der Waals surface area contributed by atoms with E-state index in [1.54, 1.807) is 6.08 Å². The summed E-state index contributed by atoms with van der Waals surface area (Å²) in [5.74, 6) is 0.889. The summed E-state index contributed by atoms with van der Waals surface area (Å²) in [6.07, 6.45) is 5.68. The van der Waals surface area contributed by atoms with E-state index in [9.17, 15) is 0 Å². The van der Waals surface area contributed by atoms with Gasteiger partial charge in [-0.1, -0.05) is 53.1 Å². The zero-order valence-corrected chi connectivity index (χ0v) is 11.3.